The van der Waals surface area contributed by atoms with E-state index in [1.54, 1.807) is 42.5 Å². The van der Waals surface area contributed by atoms with Crippen molar-refractivity contribution >= 4 is 33.6 Å². The summed E-state index contributed by atoms with van der Waals surface area (Å²) >= 11 is 0. The van der Waals surface area contributed by atoms with Crippen LogP contribution in [0.5, 0.6) is 23.0 Å². The second kappa shape index (κ2) is 11.9. The van der Waals surface area contributed by atoms with Gasteiger partial charge in [0.15, 0.2) is 28.8 Å². The smallest absolute Gasteiger partial charge is 0.238 e. The van der Waals surface area contributed by atoms with E-state index in [1.807, 2.05) is 0 Å². The third-order valence-electron chi connectivity index (χ3n) is 5.07. The maximum Gasteiger partial charge on any atom is 0.238 e. The zero-order valence-corrected chi connectivity index (χ0v) is 20.9. The van der Waals surface area contributed by atoms with Crippen molar-refractivity contribution in [3.05, 3.63) is 95.7 Å². The zero-order chi connectivity index (χ0) is 27.0. The van der Waals surface area contributed by atoms with E-state index in [2.05, 4.69) is 5.32 Å². The highest BCUT2D eigenvalue weighted by atomic mass is 32.2. The molecule has 9 nitrogen and oxygen atoms in total. The Morgan fingerprint density at radius 2 is 1.35 bits per heavy atom. The average molecular weight is 523 g/mol. The molecule has 3 rings (SSSR count). The van der Waals surface area contributed by atoms with E-state index in [4.69, 9.17) is 14.6 Å². The molecule has 10 heteroatoms. The first-order chi connectivity index (χ1) is 17.6. The Morgan fingerprint density at radius 3 is 1.84 bits per heavy atom. The minimum absolute atomic E-state index is 0.00494. The Bertz CT molecular complexity index is 1480. The minimum atomic E-state index is -3.84. The third-order valence-corrected chi connectivity index (χ3v) is 6.00. The molecule has 0 unspecified atom stereocenters. The van der Waals surface area contributed by atoms with Crippen molar-refractivity contribution in [1.29, 1.82) is 0 Å². The van der Waals surface area contributed by atoms with E-state index < -0.39 is 10.0 Å². The van der Waals surface area contributed by atoms with Crippen LogP contribution in [0.1, 0.15) is 11.1 Å². The summed E-state index contributed by atoms with van der Waals surface area (Å²) < 4.78 is 33.3. The van der Waals surface area contributed by atoms with Crippen molar-refractivity contribution in [2.45, 2.75) is 4.90 Å². The normalized spacial score (nSPS) is 12.1. The van der Waals surface area contributed by atoms with Crippen LogP contribution in [0, 0.1) is 0 Å². The molecule has 0 fully saturated rings. The largest absolute Gasteiger partial charge is 0.504 e. The van der Waals surface area contributed by atoms with Gasteiger partial charge in [-0.3, -0.25) is 4.79 Å². The van der Waals surface area contributed by atoms with Gasteiger partial charge in [-0.2, -0.15) is 0 Å². The molecule has 37 heavy (non-hydrogen) atoms. The number of aromatic hydroxyl groups is 2. The Kier molecular flexibility index (Phi) is 8.72. The zero-order valence-electron chi connectivity index (χ0n) is 20.1. The molecule has 0 spiro atoms. The van der Waals surface area contributed by atoms with Gasteiger partial charge in [0.05, 0.1) is 19.1 Å². The molecule has 5 N–H and O–H groups in total. The van der Waals surface area contributed by atoms with Crippen LogP contribution in [-0.2, 0) is 14.8 Å². The fourth-order valence-corrected chi connectivity index (χ4v) is 3.70. The quantitative estimate of drug-likeness (QED) is 0.230. The van der Waals surface area contributed by atoms with Gasteiger partial charge in [0.25, 0.3) is 0 Å². The van der Waals surface area contributed by atoms with Crippen LogP contribution in [0.4, 0.5) is 5.69 Å². The molecule has 0 aliphatic rings. The van der Waals surface area contributed by atoms with Gasteiger partial charge < -0.3 is 25.0 Å². The Morgan fingerprint density at radius 1 is 0.838 bits per heavy atom. The molecule has 192 valence electrons. The second-order valence-corrected chi connectivity index (χ2v) is 9.29. The van der Waals surface area contributed by atoms with Crippen molar-refractivity contribution in [1.82, 2.24) is 0 Å². The number of carbonyl (C=O) groups excluding carboxylic acids is 1. The molecule has 0 heterocycles. The topological polar surface area (TPSA) is 148 Å². The van der Waals surface area contributed by atoms with Crippen molar-refractivity contribution in [2.75, 3.05) is 19.5 Å². The number of hydrogen-bond donors (Lipinski definition) is 4. The summed E-state index contributed by atoms with van der Waals surface area (Å²) in [7, 11) is -0.971. The number of ketones is 1. The molecule has 0 atom stereocenters. The maximum atomic E-state index is 12.7. The Balaban J connectivity index is 1.89. The third kappa shape index (κ3) is 7.72. The van der Waals surface area contributed by atoms with Crippen molar-refractivity contribution < 1.29 is 32.9 Å². The summed E-state index contributed by atoms with van der Waals surface area (Å²) in [4.78, 5) is 12.7. The van der Waals surface area contributed by atoms with Gasteiger partial charge in [0.2, 0.25) is 10.0 Å². The SMILES string of the molecule is COc1cc(/C=C/C(=O)/C=C(/C=C/c2ccc(O)c(OC)c2)Nc2ccc(S(N)(=O)=O)cc2)ccc1O. The number of nitrogens with two attached hydrogens (primary N) is 1. The van der Waals surface area contributed by atoms with Gasteiger partial charge in [0.1, 0.15) is 0 Å². The average Bonchev–Trinajstić information content (AvgIpc) is 2.87. The number of benzene rings is 3. The van der Waals surface area contributed by atoms with Crippen molar-refractivity contribution in [2.24, 2.45) is 5.14 Å². The van der Waals surface area contributed by atoms with Crippen LogP contribution >= 0.6 is 0 Å². The second-order valence-electron chi connectivity index (χ2n) is 7.73. The lowest BCUT2D eigenvalue weighted by atomic mass is 10.1. The summed E-state index contributed by atoms with van der Waals surface area (Å²) in [6.45, 7) is 0. The molecule has 0 aliphatic carbocycles. The van der Waals surface area contributed by atoms with Crippen LogP contribution < -0.4 is 19.9 Å². The molecule has 0 saturated heterocycles. The number of phenols is 2. The number of methoxy groups -OCH3 is 2. The molecule has 0 saturated carbocycles. The minimum Gasteiger partial charge on any atom is -0.504 e. The number of ether oxygens (including phenoxy) is 2. The lowest BCUT2D eigenvalue weighted by Crippen LogP contribution is -2.12. The highest BCUT2D eigenvalue weighted by Crippen LogP contribution is 2.28. The van der Waals surface area contributed by atoms with Gasteiger partial charge in [-0.05, 0) is 71.8 Å². The summed E-state index contributed by atoms with van der Waals surface area (Å²) in [6.07, 6.45) is 7.65. The van der Waals surface area contributed by atoms with E-state index in [1.165, 1.54) is 62.8 Å². The fraction of sp³-hybridized carbons (Fsp3) is 0.0741. The first-order valence-electron chi connectivity index (χ1n) is 10.8. The fourth-order valence-electron chi connectivity index (χ4n) is 3.18. The van der Waals surface area contributed by atoms with Crippen molar-refractivity contribution in [3.8, 4) is 23.0 Å². The summed E-state index contributed by atoms with van der Waals surface area (Å²) in [6, 6.07) is 15.2. The maximum absolute atomic E-state index is 12.7. The highest BCUT2D eigenvalue weighted by Gasteiger charge is 2.08. The van der Waals surface area contributed by atoms with E-state index in [0.717, 1.165) is 0 Å². The molecule has 0 aliphatic heterocycles. The number of rotatable bonds is 10. The Hall–Kier alpha value is -4.54. The molecular weight excluding hydrogens is 496 g/mol. The summed E-state index contributed by atoms with van der Waals surface area (Å²) in [5.74, 6) is 0.213. The van der Waals surface area contributed by atoms with E-state index >= 15 is 0 Å². The number of phenolic OH excluding ortho intramolecular Hbond substituents is 2. The number of anilines is 1. The summed E-state index contributed by atoms with van der Waals surface area (Å²) in [5, 5.41) is 27.8. The van der Waals surface area contributed by atoms with Crippen LogP contribution in [0.3, 0.4) is 0 Å². The van der Waals surface area contributed by atoms with Gasteiger partial charge in [-0.15, -0.1) is 0 Å². The standard InChI is InChI=1S/C27H26N2O7S/c1-35-26-15-18(5-13-24(26)31)3-7-21(29-20-8-11-23(12-9-20)37(28,33)34)17-22(30)10-4-19-6-14-25(32)27(16-19)36-2/h3-17,29,31-32H,1-2H3,(H2,28,33,34)/b7-3+,10-4+,21-17-. The number of primary sulfonamides is 1. The predicted octanol–water partition coefficient (Wildman–Crippen LogP) is 4.05. The number of nitrogens with one attached hydrogen (secondary N) is 1. The van der Waals surface area contributed by atoms with Gasteiger partial charge in [0, 0.05) is 17.5 Å². The molecule has 3 aromatic rings. The Labute approximate surface area is 214 Å². The van der Waals surface area contributed by atoms with E-state index in [9.17, 15) is 23.4 Å². The number of sulfonamides is 1. The first-order valence-corrected chi connectivity index (χ1v) is 12.4. The monoisotopic (exact) mass is 522 g/mol. The molecular formula is C27H26N2O7S. The molecule has 0 amide bonds. The van der Waals surface area contributed by atoms with Crippen LogP contribution in [0.15, 0.2) is 89.5 Å². The lowest BCUT2D eigenvalue weighted by molar-refractivity contribution is -0.110. The van der Waals surface area contributed by atoms with E-state index in [-0.39, 0.29) is 27.9 Å². The van der Waals surface area contributed by atoms with Gasteiger partial charge in [-0.25, -0.2) is 13.6 Å². The van der Waals surface area contributed by atoms with Crippen LogP contribution in [-0.4, -0.2) is 38.6 Å². The predicted molar refractivity (Wildman–Crippen MR) is 142 cm³/mol. The van der Waals surface area contributed by atoms with Gasteiger partial charge >= 0.3 is 0 Å². The highest BCUT2D eigenvalue weighted by molar-refractivity contribution is 7.89. The molecule has 0 bridgehead atoms. The number of carbonyl (C=O) groups is 1. The first kappa shape index (κ1) is 27.1. The van der Waals surface area contributed by atoms with Crippen LogP contribution in [0.2, 0.25) is 0 Å². The van der Waals surface area contributed by atoms with Crippen molar-refractivity contribution in [3.63, 3.8) is 0 Å². The van der Waals surface area contributed by atoms with Gasteiger partial charge in [-0.1, -0.05) is 24.3 Å². The van der Waals surface area contributed by atoms with Crippen LogP contribution in [0.25, 0.3) is 12.2 Å². The number of hydrogen-bond acceptors (Lipinski definition) is 8. The lowest BCUT2D eigenvalue weighted by Gasteiger charge is -2.09. The summed E-state index contributed by atoms with van der Waals surface area (Å²) in [5.41, 5.74) is 2.27. The molecule has 0 aromatic heterocycles. The molecule has 3 aromatic carbocycles. The number of allylic oxidation sites excluding steroid dienone is 3. The molecule has 0 radical (unpaired) electrons. The van der Waals surface area contributed by atoms with E-state index in [0.29, 0.717) is 28.3 Å².